The maximum absolute atomic E-state index is 10.7. The first-order valence-corrected chi connectivity index (χ1v) is 5.20. The second kappa shape index (κ2) is 2.93. The molecule has 1 atom stereocenters. The summed E-state index contributed by atoms with van der Waals surface area (Å²) < 4.78 is 20.4. The van der Waals surface area contributed by atoms with Gasteiger partial charge in [0.05, 0.1) is 20.6 Å². The average Bonchev–Trinajstić information content (AvgIpc) is 2.49. The molecule has 2 rings (SSSR count). The average molecular weight is 199 g/mol. The summed E-state index contributed by atoms with van der Waals surface area (Å²) in [5, 5.41) is 0. The van der Waals surface area contributed by atoms with Gasteiger partial charge in [-0.3, -0.25) is 0 Å². The highest BCUT2D eigenvalue weighted by Gasteiger charge is 2.02. The van der Waals surface area contributed by atoms with E-state index in [1.54, 1.807) is 23.7 Å². The quantitative estimate of drug-likeness (QED) is 0.713. The molecule has 1 heterocycles. The molecular weight excluding hydrogens is 194 g/mol. The predicted molar refractivity (Wildman–Crippen MR) is 48.7 cm³/mol. The van der Waals surface area contributed by atoms with Crippen molar-refractivity contribution in [3.05, 3.63) is 23.7 Å². The minimum Gasteiger partial charge on any atom is -0.302 e. The van der Waals surface area contributed by atoms with E-state index < -0.39 is 11.1 Å². The highest BCUT2D eigenvalue weighted by atomic mass is 32.2. The van der Waals surface area contributed by atoms with Crippen LogP contribution in [0.25, 0.3) is 10.2 Å². The topological polar surface area (TPSA) is 50.2 Å². The van der Waals surface area contributed by atoms with Gasteiger partial charge in [-0.25, -0.2) is 9.19 Å². The molecule has 2 aromatic rings. The zero-order valence-corrected chi connectivity index (χ0v) is 7.56. The standard InChI is InChI=1S/C7H5NO2S2/c9-12(10)5-1-2-6-7(3-5)11-4-8-6/h1-4H,(H,9,10). The molecule has 1 N–H and O–H groups in total. The van der Waals surface area contributed by atoms with Gasteiger partial charge in [0.2, 0.25) is 0 Å². The van der Waals surface area contributed by atoms with Gasteiger partial charge in [0.1, 0.15) is 0 Å². The van der Waals surface area contributed by atoms with E-state index in [0.29, 0.717) is 4.90 Å². The first-order chi connectivity index (χ1) is 5.77. The van der Waals surface area contributed by atoms with Crippen LogP contribution in [0.5, 0.6) is 0 Å². The van der Waals surface area contributed by atoms with Crippen molar-refractivity contribution in [1.29, 1.82) is 0 Å². The van der Waals surface area contributed by atoms with Gasteiger partial charge >= 0.3 is 0 Å². The van der Waals surface area contributed by atoms with Crippen molar-refractivity contribution in [2.45, 2.75) is 4.90 Å². The molecule has 0 saturated carbocycles. The van der Waals surface area contributed by atoms with Crippen LogP contribution >= 0.6 is 11.3 Å². The van der Waals surface area contributed by atoms with Crippen LogP contribution in [0.15, 0.2) is 28.6 Å². The lowest BCUT2D eigenvalue weighted by atomic mass is 10.3. The van der Waals surface area contributed by atoms with Crippen LogP contribution in [0.3, 0.4) is 0 Å². The number of aromatic nitrogens is 1. The molecular formula is C7H5NO2S2. The minimum atomic E-state index is -1.89. The van der Waals surface area contributed by atoms with Gasteiger partial charge in [-0.05, 0) is 18.2 Å². The fourth-order valence-corrected chi connectivity index (χ4v) is 2.14. The molecule has 0 spiro atoms. The van der Waals surface area contributed by atoms with E-state index in [1.165, 1.54) is 11.3 Å². The first-order valence-electron chi connectivity index (χ1n) is 3.21. The van der Waals surface area contributed by atoms with Crippen LogP contribution in [-0.2, 0) is 11.1 Å². The molecule has 0 saturated heterocycles. The molecule has 1 unspecified atom stereocenters. The lowest BCUT2D eigenvalue weighted by Gasteiger charge is -1.92. The van der Waals surface area contributed by atoms with Gasteiger partial charge in [-0.2, -0.15) is 0 Å². The van der Waals surface area contributed by atoms with E-state index in [4.69, 9.17) is 4.55 Å². The minimum absolute atomic E-state index is 0.423. The predicted octanol–water partition coefficient (Wildman–Crippen LogP) is 1.88. The molecule has 0 bridgehead atoms. The summed E-state index contributed by atoms with van der Waals surface area (Å²) in [7, 11) is 0. The Morgan fingerprint density at radius 1 is 1.50 bits per heavy atom. The molecule has 1 aromatic heterocycles. The third kappa shape index (κ3) is 1.26. The normalized spacial score (nSPS) is 13.4. The molecule has 0 amide bonds. The number of hydrogen-bond acceptors (Lipinski definition) is 3. The molecule has 3 nitrogen and oxygen atoms in total. The summed E-state index contributed by atoms with van der Waals surface area (Å²) in [4.78, 5) is 4.48. The van der Waals surface area contributed by atoms with Gasteiger partial charge in [0.25, 0.3) is 0 Å². The smallest absolute Gasteiger partial charge is 0.186 e. The fourth-order valence-electron chi connectivity index (χ4n) is 0.944. The molecule has 0 aliphatic carbocycles. The SMILES string of the molecule is O=S(O)c1ccc2ncsc2c1. The third-order valence-electron chi connectivity index (χ3n) is 1.50. The van der Waals surface area contributed by atoms with Gasteiger partial charge in [-0.15, -0.1) is 11.3 Å². The Morgan fingerprint density at radius 3 is 3.08 bits per heavy atom. The lowest BCUT2D eigenvalue weighted by molar-refractivity contribution is 0.564. The van der Waals surface area contributed by atoms with Crippen LogP contribution in [-0.4, -0.2) is 13.7 Å². The molecule has 12 heavy (non-hydrogen) atoms. The Labute approximate surface area is 75.4 Å². The van der Waals surface area contributed by atoms with Crippen LogP contribution in [0.4, 0.5) is 0 Å². The monoisotopic (exact) mass is 199 g/mol. The Balaban J connectivity index is 2.68. The van der Waals surface area contributed by atoms with E-state index in [2.05, 4.69) is 4.98 Å². The van der Waals surface area contributed by atoms with Gasteiger partial charge in [-0.1, -0.05) is 0 Å². The Bertz CT molecular complexity index is 438. The maximum atomic E-state index is 10.7. The Kier molecular flexibility index (Phi) is 1.92. The third-order valence-corrected chi connectivity index (χ3v) is 2.95. The maximum Gasteiger partial charge on any atom is 0.186 e. The Hall–Kier alpha value is -0.780. The summed E-state index contributed by atoms with van der Waals surface area (Å²) in [6.07, 6.45) is 0. The second-order valence-corrected chi connectivity index (χ2v) is 4.09. The first kappa shape index (κ1) is 7.85. The van der Waals surface area contributed by atoms with Crippen molar-refractivity contribution < 1.29 is 8.76 Å². The zero-order valence-electron chi connectivity index (χ0n) is 5.93. The van der Waals surface area contributed by atoms with Crippen molar-refractivity contribution in [3.8, 4) is 0 Å². The molecule has 5 heteroatoms. The molecule has 0 aliphatic rings. The van der Waals surface area contributed by atoms with E-state index in [-0.39, 0.29) is 0 Å². The molecule has 0 aliphatic heterocycles. The molecule has 62 valence electrons. The number of fused-ring (bicyclic) bond motifs is 1. The number of benzene rings is 1. The summed E-state index contributed by atoms with van der Waals surface area (Å²) in [5.41, 5.74) is 2.59. The second-order valence-electron chi connectivity index (χ2n) is 2.23. The van der Waals surface area contributed by atoms with Gasteiger partial charge < -0.3 is 4.55 Å². The summed E-state index contributed by atoms with van der Waals surface area (Å²) in [6, 6.07) is 5.04. The van der Waals surface area contributed by atoms with E-state index >= 15 is 0 Å². The number of nitrogens with zero attached hydrogens (tertiary/aromatic N) is 1. The van der Waals surface area contributed by atoms with E-state index in [1.807, 2.05) is 0 Å². The number of rotatable bonds is 1. The summed E-state index contributed by atoms with van der Waals surface area (Å²) >= 11 is -0.428. The fraction of sp³-hybridized carbons (Fsp3) is 0. The lowest BCUT2D eigenvalue weighted by Crippen LogP contribution is -1.86. The van der Waals surface area contributed by atoms with Crippen LogP contribution in [0.1, 0.15) is 0 Å². The van der Waals surface area contributed by atoms with Gasteiger partial charge in [0.15, 0.2) is 11.1 Å². The molecule has 0 radical (unpaired) electrons. The van der Waals surface area contributed by atoms with Crippen LogP contribution in [0.2, 0.25) is 0 Å². The highest BCUT2D eigenvalue weighted by molar-refractivity contribution is 7.79. The molecule has 0 fully saturated rings. The highest BCUT2D eigenvalue weighted by Crippen LogP contribution is 2.20. The van der Waals surface area contributed by atoms with Crippen molar-refractivity contribution in [1.82, 2.24) is 4.98 Å². The largest absolute Gasteiger partial charge is 0.302 e. The van der Waals surface area contributed by atoms with Gasteiger partial charge in [0, 0.05) is 0 Å². The summed E-state index contributed by atoms with van der Waals surface area (Å²) in [5.74, 6) is 0. The number of hydrogen-bond donors (Lipinski definition) is 1. The zero-order chi connectivity index (χ0) is 8.55. The summed E-state index contributed by atoms with van der Waals surface area (Å²) in [6.45, 7) is 0. The van der Waals surface area contributed by atoms with E-state index in [9.17, 15) is 4.21 Å². The van der Waals surface area contributed by atoms with Crippen LogP contribution in [0, 0.1) is 0 Å². The van der Waals surface area contributed by atoms with Crippen molar-refractivity contribution in [3.63, 3.8) is 0 Å². The molecule has 1 aromatic carbocycles. The van der Waals surface area contributed by atoms with E-state index in [0.717, 1.165) is 10.2 Å². The Morgan fingerprint density at radius 2 is 2.33 bits per heavy atom. The van der Waals surface area contributed by atoms with Crippen LogP contribution < -0.4 is 0 Å². The van der Waals surface area contributed by atoms with Crippen molar-refractivity contribution in [2.75, 3.05) is 0 Å². The number of thiazole rings is 1. The van der Waals surface area contributed by atoms with Crippen molar-refractivity contribution >= 4 is 32.6 Å². The van der Waals surface area contributed by atoms with Crippen molar-refractivity contribution in [2.24, 2.45) is 0 Å².